The van der Waals surface area contributed by atoms with E-state index in [0.717, 1.165) is 81.3 Å². The van der Waals surface area contributed by atoms with Crippen molar-refractivity contribution in [1.29, 1.82) is 5.26 Å². The summed E-state index contributed by atoms with van der Waals surface area (Å²) in [6, 6.07) is 16.8. The number of rotatable bonds is 10. The van der Waals surface area contributed by atoms with Crippen molar-refractivity contribution in [3.8, 4) is 22.9 Å². The number of anilines is 1. The largest absolute Gasteiger partial charge is 0.495 e. The lowest BCUT2D eigenvalue weighted by Crippen LogP contribution is -2.46. The Morgan fingerprint density at radius 1 is 1.02 bits per heavy atom. The fraction of sp³-hybridized carbons (Fsp3) is 0.564. The fourth-order valence-electron chi connectivity index (χ4n) is 7.11. The van der Waals surface area contributed by atoms with E-state index >= 15 is 0 Å². The zero-order valence-electron chi connectivity index (χ0n) is 29.6. The molecule has 2 aliphatic rings. The first-order chi connectivity index (χ1) is 22.4. The maximum Gasteiger partial charge on any atom is 0.230 e. The maximum atomic E-state index is 14.5. The van der Waals surface area contributed by atoms with Crippen LogP contribution < -0.4 is 9.64 Å². The standard InChI is InChI=1S/C39H54N4O3Si/c1-8-42-27-34(25-41-42)31-10-9-11-35(23-31)43(38(44)30-16-19-36(20-17-30)46-47(6,7)39(2,3)4)26-28-12-14-29(15-13-28)32-18-21-37(45-5)33(22-32)24-40/h9-11,18,21-23,25,27-30,36H,8,12-17,19-20,26H2,1-7H3/t28-,29-,30-,36-. The summed E-state index contributed by atoms with van der Waals surface area (Å²) < 4.78 is 14.1. The summed E-state index contributed by atoms with van der Waals surface area (Å²) in [5.41, 5.74) is 4.94. The minimum atomic E-state index is -1.85. The Morgan fingerprint density at radius 2 is 1.74 bits per heavy atom. The van der Waals surface area contributed by atoms with E-state index in [1.165, 1.54) is 5.56 Å². The molecule has 5 rings (SSSR count). The molecule has 0 spiro atoms. The van der Waals surface area contributed by atoms with Crippen LogP contribution in [0.4, 0.5) is 5.69 Å². The number of carbonyl (C=O) groups is 1. The van der Waals surface area contributed by atoms with Crippen molar-refractivity contribution in [2.24, 2.45) is 11.8 Å². The van der Waals surface area contributed by atoms with Crippen LogP contribution in [-0.2, 0) is 15.8 Å². The highest BCUT2D eigenvalue weighted by molar-refractivity contribution is 6.74. The molecule has 47 heavy (non-hydrogen) atoms. The monoisotopic (exact) mass is 654 g/mol. The van der Waals surface area contributed by atoms with Gasteiger partial charge in [-0.2, -0.15) is 10.4 Å². The van der Waals surface area contributed by atoms with Gasteiger partial charge >= 0.3 is 0 Å². The van der Waals surface area contributed by atoms with Crippen LogP contribution in [0.5, 0.6) is 5.75 Å². The average Bonchev–Trinajstić information content (AvgIpc) is 3.56. The number of aromatic nitrogens is 2. The third kappa shape index (κ3) is 8.18. The summed E-state index contributed by atoms with van der Waals surface area (Å²) in [6.07, 6.45) is 12.1. The molecule has 3 aromatic rings. The van der Waals surface area contributed by atoms with E-state index < -0.39 is 8.32 Å². The van der Waals surface area contributed by atoms with Gasteiger partial charge in [-0.1, -0.05) is 39.0 Å². The van der Waals surface area contributed by atoms with E-state index in [9.17, 15) is 10.1 Å². The number of nitrogens with zero attached hydrogens (tertiary/aromatic N) is 4. The number of hydrogen-bond donors (Lipinski definition) is 0. The highest BCUT2D eigenvalue weighted by Crippen LogP contribution is 2.41. The van der Waals surface area contributed by atoms with Gasteiger partial charge in [0.15, 0.2) is 8.32 Å². The molecule has 1 heterocycles. The van der Waals surface area contributed by atoms with E-state index in [2.05, 4.69) is 93.4 Å². The number of hydrogen-bond acceptors (Lipinski definition) is 5. The van der Waals surface area contributed by atoms with Crippen LogP contribution in [0, 0.1) is 23.2 Å². The highest BCUT2D eigenvalue weighted by atomic mass is 28.4. The van der Waals surface area contributed by atoms with Crippen molar-refractivity contribution in [1.82, 2.24) is 9.78 Å². The minimum absolute atomic E-state index is 0.0146. The quantitative estimate of drug-likeness (QED) is 0.204. The number of nitriles is 1. The molecule has 0 atom stereocenters. The van der Waals surface area contributed by atoms with Gasteiger partial charge in [-0.3, -0.25) is 9.48 Å². The Hall–Kier alpha value is -3.41. The smallest absolute Gasteiger partial charge is 0.230 e. The van der Waals surface area contributed by atoms with Gasteiger partial charge in [0.05, 0.1) is 18.9 Å². The zero-order valence-corrected chi connectivity index (χ0v) is 30.6. The maximum absolute atomic E-state index is 14.5. The number of ether oxygens (including phenoxy) is 1. The van der Waals surface area contributed by atoms with Crippen molar-refractivity contribution in [2.75, 3.05) is 18.6 Å². The Kier molecular flexibility index (Phi) is 11.0. The normalized spacial score (nSPS) is 22.0. The predicted octanol–water partition coefficient (Wildman–Crippen LogP) is 9.34. The van der Waals surface area contributed by atoms with Crippen molar-refractivity contribution >= 4 is 19.9 Å². The molecule has 2 saturated carbocycles. The van der Waals surface area contributed by atoms with E-state index in [-0.39, 0.29) is 23.0 Å². The van der Waals surface area contributed by atoms with Crippen molar-refractivity contribution in [2.45, 2.75) is 116 Å². The molecule has 2 aliphatic carbocycles. The predicted molar refractivity (Wildman–Crippen MR) is 192 cm³/mol. The van der Waals surface area contributed by atoms with Crippen molar-refractivity contribution < 1.29 is 14.0 Å². The highest BCUT2D eigenvalue weighted by Gasteiger charge is 2.41. The summed E-state index contributed by atoms with van der Waals surface area (Å²) in [5.74, 6) is 1.74. The second kappa shape index (κ2) is 14.8. The van der Waals surface area contributed by atoms with Crippen LogP contribution in [0.25, 0.3) is 11.1 Å². The van der Waals surface area contributed by atoms with Gasteiger partial charge in [-0.15, -0.1) is 0 Å². The van der Waals surface area contributed by atoms with Crippen molar-refractivity contribution in [3.05, 3.63) is 66.0 Å². The molecule has 0 radical (unpaired) electrons. The van der Waals surface area contributed by atoms with Gasteiger partial charge in [0.25, 0.3) is 0 Å². The van der Waals surface area contributed by atoms with E-state index in [1.807, 2.05) is 23.0 Å². The average molecular weight is 655 g/mol. The molecule has 0 unspecified atom stereocenters. The molecule has 7 nitrogen and oxygen atoms in total. The van der Waals surface area contributed by atoms with Gasteiger partial charge in [-0.25, -0.2) is 0 Å². The summed E-state index contributed by atoms with van der Waals surface area (Å²) >= 11 is 0. The molecule has 0 aliphatic heterocycles. The van der Waals surface area contributed by atoms with Crippen LogP contribution in [0.3, 0.4) is 0 Å². The van der Waals surface area contributed by atoms with Gasteiger partial charge in [0.1, 0.15) is 11.8 Å². The summed E-state index contributed by atoms with van der Waals surface area (Å²) in [7, 11) is -0.242. The van der Waals surface area contributed by atoms with Crippen LogP contribution in [-0.4, -0.2) is 43.8 Å². The third-order valence-corrected chi connectivity index (χ3v) is 15.6. The van der Waals surface area contributed by atoms with E-state index in [1.54, 1.807) is 7.11 Å². The number of amides is 1. The Labute approximate surface area is 283 Å². The minimum Gasteiger partial charge on any atom is -0.495 e. The van der Waals surface area contributed by atoms with Crippen LogP contribution in [0.15, 0.2) is 54.9 Å². The molecule has 2 aromatic carbocycles. The fourth-order valence-corrected chi connectivity index (χ4v) is 8.53. The lowest BCUT2D eigenvalue weighted by molar-refractivity contribution is -0.124. The topological polar surface area (TPSA) is 80.4 Å². The van der Waals surface area contributed by atoms with Crippen LogP contribution in [0.1, 0.15) is 96.1 Å². The van der Waals surface area contributed by atoms with E-state index in [4.69, 9.17) is 9.16 Å². The third-order valence-electron chi connectivity index (χ3n) is 11.1. The van der Waals surface area contributed by atoms with Gasteiger partial charge in [0, 0.05) is 42.6 Å². The zero-order chi connectivity index (χ0) is 33.8. The number of carbonyl (C=O) groups excluding carboxylic acids is 1. The summed E-state index contributed by atoms with van der Waals surface area (Å²) in [5, 5.41) is 14.3. The molecule has 1 aromatic heterocycles. The molecule has 0 N–H and O–H groups in total. The second-order valence-corrected chi connectivity index (χ2v) is 20.0. The second-order valence-electron chi connectivity index (χ2n) is 15.2. The van der Waals surface area contributed by atoms with Gasteiger partial charge < -0.3 is 14.1 Å². The number of methoxy groups -OCH3 is 1. The van der Waals surface area contributed by atoms with Crippen LogP contribution >= 0.6 is 0 Å². The first-order valence-corrected chi connectivity index (χ1v) is 20.5. The lowest BCUT2D eigenvalue weighted by atomic mass is 9.78. The van der Waals surface area contributed by atoms with Crippen LogP contribution in [0.2, 0.25) is 18.1 Å². The molecule has 0 saturated heterocycles. The molecular weight excluding hydrogens is 601 g/mol. The molecule has 8 heteroatoms. The number of benzene rings is 2. The SMILES string of the molecule is CCn1cc(-c2cccc(N(C[C@H]3CC[C@H](c4ccc(OC)c(C#N)c4)CC3)C(=O)[C@H]3CC[C@H](O[Si](C)(C)C(C)(C)C)CC3)c2)cn1. The molecule has 0 bridgehead atoms. The summed E-state index contributed by atoms with van der Waals surface area (Å²) in [6.45, 7) is 15.2. The Bertz CT molecular complexity index is 1550. The first-order valence-electron chi connectivity index (χ1n) is 17.6. The van der Waals surface area contributed by atoms with Gasteiger partial charge in [0.2, 0.25) is 5.91 Å². The lowest BCUT2D eigenvalue weighted by Gasteiger charge is -2.41. The Balaban J connectivity index is 1.31. The van der Waals surface area contributed by atoms with Gasteiger partial charge in [-0.05, 0) is 124 Å². The Morgan fingerprint density at radius 3 is 2.36 bits per heavy atom. The van der Waals surface area contributed by atoms with E-state index in [0.29, 0.717) is 23.1 Å². The summed E-state index contributed by atoms with van der Waals surface area (Å²) in [4.78, 5) is 16.6. The number of aryl methyl sites for hydroxylation is 1. The van der Waals surface area contributed by atoms with Crippen molar-refractivity contribution in [3.63, 3.8) is 0 Å². The molecule has 252 valence electrons. The molecule has 1 amide bonds. The first kappa shape index (κ1) is 34.9. The molecular formula is C39H54N4O3Si. The molecule has 2 fully saturated rings.